The molecule has 0 N–H and O–H groups in total. The van der Waals surface area contributed by atoms with Crippen molar-refractivity contribution in [2.75, 3.05) is 5.50 Å². The average Bonchev–Trinajstić information content (AvgIpc) is 2.34. The van der Waals surface area contributed by atoms with E-state index in [2.05, 4.69) is 61.5 Å². The maximum absolute atomic E-state index is 6.14. The van der Waals surface area contributed by atoms with Crippen LogP contribution in [0.2, 0.25) is 0 Å². The van der Waals surface area contributed by atoms with Gasteiger partial charge < -0.3 is 0 Å². The van der Waals surface area contributed by atoms with Crippen molar-refractivity contribution in [2.24, 2.45) is 0 Å². The Morgan fingerprint density at radius 2 is 1.44 bits per heavy atom. The van der Waals surface area contributed by atoms with Crippen LogP contribution in [0.15, 0.2) is 54.6 Å². The lowest BCUT2D eigenvalue weighted by atomic mass is 10.2. The van der Waals surface area contributed by atoms with Crippen LogP contribution in [-0.4, -0.2) is 14.3 Å². The Morgan fingerprint density at radius 3 is 2.00 bits per heavy atom. The third-order valence-electron chi connectivity index (χ3n) is 2.84. The quantitative estimate of drug-likeness (QED) is 0.575. The summed E-state index contributed by atoms with van der Waals surface area (Å²) in [7, 11) is -1.18. The molecule has 0 aromatic heterocycles. The fourth-order valence-corrected chi connectivity index (χ4v) is 5.01. The minimum atomic E-state index is -1.18. The van der Waals surface area contributed by atoms with Crippen molar-refractivity contribution >= 4 is 30.8 Å². The van der Waals surface area contributed by atoms with E-state index >= 15 is 0 Å². The predicted octanol–water partition coefficient (Wildman–Crippen LogP) is 2.11. The first kappa shape index (κ1) is 11.4. The summed E-state index contributed by atoms with van der Waals surface area (Å²) in [6.45, 7) is 2.11. The molecule has 0 saturated heterocycles. The standard InChI is InChI=1S/C14H15ClSi/c1-12-7-9-14(10-8-12)16(11-15)13-5-3-2-4-6-13/h2-10,16H,11H2,1H3. The summed E-state index contributed by atoms with van der Waals surface area (Å²) in [5.41, 5.74) is 2.06. The molecule has 0 aliphatic heterocycles. The lowest BCUT2D eigenvalue weighted by Gasteiger charge is -2.13. The number of aryl methyl sites for hydroxylation is 1. The second-order valence-electron chi connectivity index (χ2n) is 4.03. The van der Waals surface area contributed by atoms with Gasteiger partial charge in [-0.1, -0.05) is 70.5 Å². The average molecular weight is 247 g/mol. The van der Waals surface area contributed by atoms with Gasteiger partial charge in [-0.15, -0.1) is 11.6 Å². The molecule has 0 heterocycles. The van der Waals surface area contributed by atoms with E-state index in [1.54, 1.807) is 0 Å². The van der Waals surface area contributed by atoms with Gasteiger partial charge in [-0.05, 0) is 6.92 Å². The highest BCUT2D eigenvalue weighted by molar-refractivity contribution is 6.89. The molecule has 1 atom stereocenters. The van der Waals surface area contributed by atoms with Gasteiger partial charge in [0.15, 0.2) is 0 Å². The summed E-state index contributed by atoms with van der Waals surface area (Å²) in [6.07, 6.45) is 0. The Labute approximate surface area is 103 Å². The van der Waals surface area contributed by atoms with Crippen LogP contribution in [-0.2, 0) is 0 Å². The van der Waals surface area contributed by atoms with Crippen LogP contribution < -0.4 is 10.4 Å². The summed E-state index contributed by atoms with van der Waals surface area (Å²) in [5, 5.41) is 2.84. The van der Waals surface area contributed by atoms with Crippen molar-refractivity contribution < 1.29 is 0 Å². The molecule has 0 bridgehead atoms. The van der Waals surface area contributed by atoms with Crippen LogP contribution >= 0.6 is 11.6 Å². The molecule has 1 unspecified atom stereocenters. The van der Waals surface area contributed by atoms with Crippen molar-refractivity contribution in [2.45, 2.75) is 6.92 Å². The van der Waals surface area contributed by atoms with Crippen molar-refractivity contribution in [1.29, 1.82) is 0 Å². The summed E-state index contributed by atoms with van der Waals surface area (Å²) >= 11 is 6.14. The van der Waals surface area contributed by atoms with Crippen LogP contribution in [0, 0.1) is 6.92 Å². The summed E-state index contributed by atoms with van der Waals surface area (Å²) in [5.74, 6) is 0. The third-order valence-corrected chi connectivity index (χ3v) is 6.45. The summed E-state index contributed by atoms with van der Waals surface area (Å²) in [4.78, 5) is 0. The van der Waals surface area contributed by atoms with Crippen LogP contribution in [0.1, 0.15) is 5.56 Å². The molecular formula is C14H15ClSi. The van der Waals surface area contributed by atoms with E-state index in [0.717, 1.165) is 5.50 Å². The van der Waals surface area contributed by atoms with Crippen molar-refractivity contribution in [1.82, 2.24) is 0 Å². The normalized spacial score (nSPS) is 12.4. The van der Waals surface area contributed by atoms with Crippen molar-refractivity contribution in [3.05, 3.63) is 60.2 Å². The van der Waals surface area contributed by atoms with Gasteiger partial charge in [-0.25, -0.2) is 0 Å². The number of halogens is 1. The molecule has 2 aromatic carbocycles. The molecule has 0 nitrogen and oxygen atoms in total. The molecule has 2 aromatic rings. The van der Waals surface area contributed by atoms with E-state index in [-0.39, 0.29) is 0 Å². The van der Waals surface area contributed by atoms with Gasteiger partial charge in [0.05, 0.1) is 0 Å². The van der Waals surface area contributed by atoms with E-state index in [9.17, 15) is 0 Å². The van der Waals surface area contributed by atoms with Crippen LogP contribution in [0.5, 0.6) is 0 Å². The first-order chi connectivity index (χ1) is 7.81. The van der Waals surface area contributed by atoms with E-state index in [4.69, 9.17) is 11.6 Å². The highest BCUT2D eigenvalue weighted by Crippen LogP contribution is 1.98. The minimum Gasteiger partial charge on any atom is -0.130 e. The molecule has 2 heteroatoms. The summed E-state index contributed by atoms with van der Waals surface area (Å²) < 4.78 is 0. The van der Waals surface area contributed by atoms with Gasteiger partial charge in [0.25, 0.3) is 0 Å². The van der Waals surface area contributed by atoms with Gasteiger partial charge in [0.2, 0.25) is 0 Å². The van der Waals surface area contributed by atoms with Crippen LogP contribution in [0.3, 0.4) is 0 Å². The van der Waals surface area contributed by atoms with Gasteiger partial charge >= 0.3 is 0 Å². The number of rotatable bonds is 3. The fourth-order valence-electron chi connectivity index (χ4n) is 1.85. The van der Waals surface area contributed by atoms with Gasteiger partial charge in [-0.2, -0.15) is 0 Å². The Kier molecular flexibility index (Phi) is 3.81. The van der Waals surface area contributed by atoms with E-state index in [1.165, 1.54) is 15.9 Å². The number of alkyl halides is 1. The predicted molar refractivity (Wildman–Crippen MR) is 74.8 cm³/mol. The second kappa shape index (κ2) is 5.33. The second-order valence-corrected chi connectivity index (χ2v) is 7.70. The van der Waals surface area contributed by atoms with E-state index in [0.29, 0.717) is 0 Å². The first-order valence-electron chi connectivity index (χ1n) is 5.48. The number of hydrogen-bond acceptors (Lipinski definition) is 0. The molecule has 2 rings (SSSR count). The number of benzene rings is 2. The van der Waals surface area contributed by atoms with E-state index < -0.39 is 8.80 Å². The molecule has 0 fully saturated rings. The van der Waals surface area contributed by atoms with E-state index in [1.807, 2.05) is 0 Å². The molecule has 0 spiro atoms. The molecule has 0 saturated carbocycles. The Balaban J connectivity index is 2.33. The van der Waals surface area contributed by atoms with Gasteiger partial charge in [0, 0.05) is 5.50 Å². The highest BCUT2D eigenvalue weighted by atomic mass is 35.5. The molecule has 0 amide bonds. The first-order valence-corrected chi connectivity index (χ1v) is 7.99. The lowest BCUT2D eigenvalue weighted by Crippen LogP contribution is -2.44. The molecule has 82 valence electrons. The highest BCUT2D eigenvalue weighted by Gasteiger charge is 2.14. The molecule has 0 aliphatic carbocycles. The zero-order chi connectivity index (χ0) is 11.4. The largest absolute Gasteiger partial charge is 0.130 e. The Bertz CT molecular complexity index is 436. The molecule has 16 heavy (non-hydrogen) atoms. The zero-order valence-corrected chi connectivity index (χ0v) is 11.3. The summed E-state index contributed by atoms with van der Waals surface area (Å²) in [6, 6.07) is 19.4. The SMILES string of the molecule is Cc1ccc([SiH](CCl)c2ccccc2)cc1. The van der Waals surface area contributed by atoms with Crippen molar-refractivity contribution in [3.63, 3.8) is 0 Å². The van der Waals surface area contributed by atoms with Gasteiger partial charge in [-0.3, -0.25) is 0 Å². The topological polar surface area (TPSA) is 0 Å². The minimum absolute atomic E-state index is 0.757. The van der Waals surface area contributed by atoms with Crippen LogP contribution in [0.25, 0.3) is 0 Å². The molecular weight excluding hydrogens is 232 g/mol. The number of hydrogen-bond donors (Lipinski definition) is 0. The monoisotopic (exact) mass is 246 g/mol. The fraction of sp³-hybridized carbons (Fsp3) is 0.143. The zero-order valence-electron chi connectivity index (χ0n) is 9.36. The maximum Gasteiger partial charge on any atom is 0.117 e. The lowest BCUT2D eigenvalue weighted by molar-refractivity contribution is 1.49. The Morgan fingerprint density at radius 1 is 0.875 bits per heavy atom. The third kappa shape index (κ3) is 2.54. The smallest absolute Gasteiger partial charge is 0.117 e. The Hall–Kier alpha value is -1.05. The van der Waals surface area contributed by atoms with Gasteiger partial charge in [0.1, 0.15) is 8.80 Å². The van der Waals surface area contributed by atoms with Crippen molar-refractivity contribution in [3.8, 4) is 0 Å². The molecule has 0 aliphatic rings. The molecule has 0 radical (unpaired) electrons. The van der Waals surface area contributed by atoms with Crippen LogP contribution in [0.4, 0.5) is 0 Å². The maximum atomic E-state index is 6.14.